The summed E-state index contributed by atoms with van der Waals surface area (Å²) in [6.07, 6.45) is 26.8. The van der Waals surface area contributed by atoms with Crippen molar-refractivity contribution in [1.29, 1.82) is 0 Å². The van der Waals surface area contributed by atoms with Crippen LogP contribution in [-0.2, 0) is 4.79 Å². The van der Waals surface area contributed by atoms with E-state index in [1.54, 1.807) is 5.56 Å². The van der Waals surface area contributed by atoms with E-state index in [2.05, 4.69) is 45.0 Å². The number of ketones is 1. The van der Waals surface area contributed by atoms with Gasteiger partial charge in [0.25, 0.3) is 0 Å². The topological polar surface area (TPSA) is 17.1 Å². The molecular formula is C37H60O. The van der Waals surface area contributed by atoms with Gasteiger partial charge in [0.1, 0.15) is 5.78 Å². The van der Waals surface area contributed by atoms with E-state index in [-0.39, 0.29) is 0 Å². The molecule has 3 saturated carbocycles. The SMILES string of the molecule is CCCCCCCCC1CCC(C2CCC(c3ccc(C4CCC(CC(C)CC)CC4)cc3)CC2=O)CC1. The molecule has 3 aliphatic rings. The second-order valence-electron chi connectivity index (χ2n) is 14.0. The lowest BCUT2D eigenvalue weighted by Crippen LogP contribution is -2.32. The van der Waals surface area contributed by atoms with Crippen molar-refractivity contribution in [2.75, 3.05) is 0 Å². The third-order valence-electron chi connectivity index (χ3n) is 11.3. The second kappa shape index (κ2) is 15.6. The Balaban J connectivity index is 1.16. The number of benzene rings is 1. The summed E-state index contributed by atoms with van der Waals surface area (Å²) >= 11 is 0. The minimum atomic E-state index is 0.367. The molecule has 0 amide bonds. The highest BCUT2D eigenvalue weighted by Crippen LogP contribution is 2.44. The van der Waals surface area contributed by atoms with Gasteiger partial charge in [-0.1, -0.05) is 109 Å². The molecule has 0 radical (unpaired) electrons. The zero-order chi connectivity index (χ0) is 26.7. The van der Waals surface area contributed by atoms with Crippen molar-refractivity contribution in [3.8, 4) is 0 Å². The summed E-state index contributed by atoms with van der Waals surface area (Å²) in [6.45, 7) is 7.05. The van der Waals surface area contributed by atoms with Crippen LogP contribution in [0.25, 0.3) is 0 Å². The van der Waals surface area contributed by atoms with Crippen LogP contribution in [0, 0.1) is 29.6 Å². The molecule has 3 aliphatic carbocycles. The molecule has 0 N–H and O–H groups in total. The monoisotopic (exact) mass is 520 g/mol. The molecule has 38 heavy (non-hydrogen) atoms. The molecule has 1 aromatic rings. The molecule has 0 spiro atoms. The van der Waals surface area contributed by atoms with Crippen molar-refractivity contribution < 1.29 is 4.79 Å². The van der Waals surface area contributed by atoms with Crippen LogP contribution in [0.15, 0.2) is 24.3 Å². The molecule has 4 rings (SSSR count). The summed E-state index contributed by atoms with van der Waals surface area (Å²) in [6, 6.07) is 9.59. The predicted molar refractivity (Wildman–Crippen MR) is 164 cm³/mol. The first kappa shape index (κ1) is 29.9. The average Bonchev–Trinajstić information content (AvgIpc) is 2.96. The molecule has 0 bridgehead atoms. The van der Waals surface area contributed by atoms with Crippen LogP contribution >= 0.6 is 0 Å². The number of carbonyl (C=O) groups is 1. The van der Waals surface area contributed by atoms with E-state index >= 15 is 0 Å². The Bertz CT molecular complexity index is 793. The molecule has 1 aromatic carbocycles. The van der Waals surface area contributed by atoms with Crippen molar-refractivity contribution in [3.05, 3.63) is 35.4 Å². The first-order valence-electron chi connectivity index (χ1n) is 17.2. The van der Waals surface area contributed by atoms with Crippen molar-refractivity contribution >= 4 is 5.78 Å². The number of rotatable bonds is 13. The predicted octanol–water partition coefficient (Wildman–Crippen LogP) is 11.4. The highest BCUT2D eigenvalue weighted by atomic mass is 16.1. The molecular weight excluding hydrogens is 460 g/mol. The van der Waals surface area contributed by atoms with Gasteiger partial charge in [-0.3, -0.25) is 4.79 Å². The van der Waals surface area contributed by atoms with Crippen molar-refractivity contribution in [2.24, 2.45) is 29.6 Å². The van der Waals surface area contributed by atoms with Crippen LogP contribution in [-0.4, -0.2) is 5.78 Å². The molecule has 0 heterocycles. The third-order valence-corrected chi connectivity index (χ3v) is 11.3. The maximum atomic E-state index is 13.3. The van der Waals surface area contributed by atoms with Gasteiger partial charge in [0.2, 0.25) is 0 Å². The molecule has 0 aromatic heterocycles. The number of carbonyl (C=O) groups excluding carboxylic acids is 1. The highest BCUT2D eigenvalue weighted by Gasteiger charge is 2.36. The summed E-state index contributed by atoms with van der Waals surface area (Å²) < 4.78 is 0. The van der Waals surface area contributed by atoms with Crippen LogP contribution < -0.4 is 0 Å². The van der Waals surface area contributed by atoms with E-state index < -0.39 is 0 Å². The molecule has 1 heteroatoms. The van der Waals surface area contributed by atoms with Gasteiger partial charge in [-0.05, 0) is 104 Å². The van der Waals surface area contributed by atoms with Crippen molar-refractivity contribution in [3.63, 3.8) is 0 Å². The van der Waals surface area contributed by atoms with Crippen molar-refractivity contribution in [2.45, 2.75) is 161 Å². The average molecular weight is 521 g/mol. The van der Waals surface area contributed by atoms with Gasteiger partial charge in [-0.25, -0.2) is 0 Å². The Morgan fingerprint density at radius 2 is 1.26 bits per heavy atom. The lowest BCUT2D eigenvalue weighted by atomic mass is 9.67. The number of hydrogen-bond acceptors (Lipinski definition) is 1. The van der Waals surface area contributed by atoms with Gasteiger partial charge in [0.15, 0.2) is 0 Å². The Kier molecular flexibility index (Phi) is 12.3. The van der Waals surface area contributed by atoms with Crippen LogP contribution in [0.1, 0.15) is 172 Å². The fourth-order valence-corrected chi connectivity index (χ4v) is 8.42. The normalized spacial score (nSPS) is 31.3. The van der Waals surface area contributed by atoms with Gasteiger partial charge < -0.3 is 0 Å². The first-order valence-corrected chi connectivity index (χ1v) is 17.2. The highest BCUT2D eigenvalue weighted by molar-refractivity contribution is 5.83. The molecule has 214 valence electrons. The summed E-state index contributed by atoms with van der Waals surface area (Å²) in [4.78, 5) is 13.3. The molecule has 0 aliphatic heterocycles. The standard InChI is InChI=1S/C37H60O/c1-4-6-7-8-9-10-11-29-12-18-34(19-13-29)36-25-24-35(27-37(36)38)33-22-20-32(21-23-33)31-16-14-30(15-17-31)26-28(3)5-2/h20-23,28-31,34-36H,4-19,24-27H2,1-3H3. The Morgan fingerprint density at radius 1 is 0.684 bits per heavy atom. The van der Waals surface area contributed by atoms with E-state index in [1.807, 2.05) is 0 Å². The second-order valence-corrected chi connectivity index (χ2v) is 14.0. The summed E-state index contributed by atoms with van der Waals surface area (Å²) in [5.41, 5.74) is 2.97. The Morgan fingerprint density at radius 3 is 1.89 bits per heavy atom. The first-order chi connectivity index (χ1) is 18.6. The van der Waals surface area contributed by atoms with Gasteiger partial charge in [-0.15, -0.1) is 0 Å². The molecule has 3 atom stereocenters. The van der Waals surface area contributed by atoms with E-state index in [0.717, 1.165) is 36.5 Å². The summed E-state index contributed by atoms with van der Waals surface area (Å²) in [7, 11) is 0. The minimum Gasteiger partial charge on any atom is -0.299 e. The number of hydrogen-bond donors (Lipinski definition) is 0. The van der Waals surface area contributed by atoms with E-state index in [4.69, 9.17) is 0 Å². The maximum Gasteiger partial charge on any atom is 0.136 e. The Labute approximate surface area is 236 Å². The van der Waals surface area contributed by atoms with E-state index in [0.29, 0.717) is 23.5 Å². The van der Waals surface area contributed by atoms with E-state index in [9.17, 15) is 4.79 Å². The largest absolute Gasteiger partial charge is 0.299 e. The lowest BCUT2D eigenvalue weighted by molar-refractivity contribution is -0.127. The fraction of sp³-hybridized carbons (Fsp3) is 0.811. The fourth-order valence-electron chi connectivity index (χ4n) is 8.42. The van der Waals surface area contributed by atoms with E-state index in [1.165, 1.54) is 121 Å². The van der Waals surface area contributed by atoms with Crippen LogP contribution in [0.3, 0.4) is 0 Å². The number of Topliss-reactive ketones (excluding diaryl/α,β-unsaturated/α-hetero) is 1. The maximum absolute atomic E-state index is 13.3. The summed E-state index contributed by atoms with van der Waals surface area (Å²) in [5.74, 6) is 5.64. The zero-order valence-corrected chi connectivity index (χ0v) is 25.4. The van der Waals surface area contributed by atoms with Gasteiger partial charge >= 0.3 is 0 Å². The molecule has 0 saturated heterocycles. The number of unbranched alkanes of at least 4 members (excludes halogenated alkanes) is 5. The molecule has 1 nitrogen and oxygen atoms in total. The van der Waals surface area contributed by atoms with Gasteiger partial charge in [0, 0.05) is 12.3 Å². The Hall–Kier alpha value is -1.11. The van der Waals surface area contributed by atoms with Gasteiger partial charge in [-0.2, -0.15) is 0 Å². The van der Waals surface area contributed by atoms with Crippen LogP contribution in [0.2, 0.25) is 0 Å². The molecule has 3 fully saturated rings. The quantitative estimate of drug-likeness (QED) is 0.236. The third kappa shape index (κ3) is 8.69. The molecule has 3 unspecified atom stereocenters. The van der Waals surface area contributed by atoms with Gasteiger partial charge in [0.05, 0.1) is 0 Å². The van der Waals surface area contributed by atoms with Crippen LogP contribution in [0.5, 0.6) is 0 Å². The van der Waals surface area contributed by atoms with Crippen molar-refractivity contribution in [1.82, 2.24) is 0 Å². The smallest absolute Gasteiger partial charge is 0.136 e. The minimum absolute atomic E-state index is 0.367. The lowest BCUT2D eigenvalue weighted by Gasteiger charge is -2.37. The van der Waals surface area contributed by atoms with Crippen LogP contribution in [0.4, 0.5) is 0 Å². The zero-order valence-electron chi connectivity index (χ0n) is 25.4. The summed E-state index contributed by atoms with van der Waals surface area (Å²) in [5, 5.41) is 0.